The van der Waals surface area contributed by atoms with Gasteiger partial charge in [0.25, 0.3) is 0 Å². The van der Waals surface area contributed by atoms with Gasteiger partial charge in [-0.25, -0.2) is 0 Å². The molecule has 3 N–H and O–H groups in total. The summed E-state index contributed by atoms with van der Waals surface area (Å²) in [5.41, 5.74) is 2.52. The second kappa shape index (κ2) is 5.15. The number of fused-ring (bicyclic) bond motifs is 1. The van der Waals surface area contributed by atoms with Gasteiger partial charge in [-0.15, -0.1) is 0 Å². The molecule has 0 atom stereocenters. The second-order valence-electron chi connectivity index (χ2n) is 4.34. The summed E-state index contributed by atoms with van der Waals surface area (Å²) in [6.07, 6.45) is 0. The van der Waals surface area contributed by atoms with Crippen LogP contribution in [0.2, 0.25) is 0 Å². The van der Waals surface area contributed by atoms with Gasteiger partial charge in [0.15, 0.2) is 0 Å². The summed E-state index contributed by atoms with van der Waals surface area (Å²) >= 11 is -1.62. The fourth-order valence-electron chi connectivity index (χ4n) is 2.18. The van der Waals surface area contributed by atoms with Crippen molar-refractivity contribution in [3.63, 3.8) is 0 Å². The molecule has 0 bridgehead atoms. The molecule has 0 aliphatic rings. The molecule has 0 radical (unpaired) electrons. The van der Waals surface area contributed by atoms with E-state index in [1.807, 2.05) is 48.0 Å². The molecule has 3 rings (SSSR count). The van der Waals surface area contributed by atoms with E-state index in [1.165, 1.54) is 0 Å². The molecule has 5 nitrogen and oxygen atoms in total. The Balaban J connectivity index is 2.41. The number of hydrogen-bond donors (Lipinski definition) is 2. The van der Waals surface area contributed by atoms with Gasteiger partial charge in [-0.05, 0) is 0 Å². The van der Waals surface area contributed by atoms with E-state index < -0.39 is 37.5 Å². The van der Waals surface area contributed by atoms with Gasteiger partial charge < -0.3 is 0 Å². The molecule has 0 aliphatic carbocycles. The monoisotopic (exact) mass is 381 g/mol. The number of benzene rings is 1. The topological polar surface area (TPSA) is 76.7 Å². The Morgan fingerprint density at radius 1 is 1.32 bits per heavy atom. The van der Waals surface area contributed by atoms with Crippen LogP contribution in [0.4, 0.5) is 0 Å². The van der Waals surface area contributed by atoms with Crippen molar-refractivity contribution in [2.75, 3.05) is 0 Å². The van der Waals surface area contributed by atoms with Crippen LogP contribution in [0.3, 0.4) is 0 Å². The zero-order valence-corrected chi connectivity index (χ0v) is 14.1. The van der Waals surface area contributed by atoms with E-state index in [0.717, 1.165) is 18.2 Å². The van der Waals surface area contributed by atoms with Gasteiger partial charge in [0, 0.05) is 0 Å². The van der Waals surface area contributed by atoms with Crippen LogP contribution in [0.5, 0.6) is 0 Å². The number of pyridine rings is 1. The van der Waals surface area contributed by atoms with Crippen LogP contribution in [-0.4, -0.2) is 14.8 Å². The number of aryl methyl sites for hydroxylation is 1. The van der Waals surface area contributed by atoms with Gasteiger partial charge in [-0.1, -0.05) is 0 Å². The summed E-state index contributed by atoms with van der Waals surface area (Å²) in [4.78, 5) is 14.9. The molecule has 0 fully saturated rings. The van der Waals surface area contributed by atoms with Gasteiger partial charge in [-0.2, -0.15) is 0 Å². The van der Waals surface area contributed by atoms with Crippen LogP contribution in [0.15, 0.2) is 41.2 Å². The van der Waals surface area contributed by atoms with Crippen molar-refractivity contribution in [3.8, 4) is 5.69 Å². The molecule has 19 heavy (non-hydrogen) atoms. The molecule has 3 aromatic rings. The van der Waals surface area contributed by atoms with Crippen molar-refractivity contribution in [2.24, 2.45) is 1.76 Å². The zero-order chi connectivity index (χ0) is 13.4. The number of nitrogens with zero attached hydrogens (tertiary/aromatic N) is 2. The summed E-state index contributed by atoms with van der Waals surface area (Å²) in [7, 11) is 0. The summed E-state index contributed by atoms with van der Waals surface area (Å²) in [6, 6.07) is 11.7. The maximum atomic E-state index is 12.1. The van der Waals surface area contributed by atoms with Crippen LogP contribution in [-0.2, 0) is 0 Å². The fraction of sp³-hybridized carbons (Fsp3) is 0.0769. The van der Waals surface area contributed by atoms with Crippen molar-refractivity contribution in [3.05, 3.63) is 52.4 Å². The van der Waals surface area contributed by atoms with E-state index in [-0.39, 0.29) is 5.56 Å². The summed E-state index contributed by atoms with van der Waals surface area (Å²) in [5.74, 6) is 0. The van der Waals surface area contributed by atoms with Gasteiger partial charge in [0.1, 0.15) is 0 Å². The first-order valence-corrected chi connectivity index (χ1v) is 9.93. The molecule has 0 saturated carbocycles. The van der Waals surface area contributed by atoms with E-state index in [1.54, 1.807) is 0 Å². The molecule has 1 aromatic carbocycles. The van der Waals surface area contributed by atoms with E-state index in [9.17, 15) is 4.79 Å². The van der Waals surface area contributed by atoms with Crippen LogP contribution in [0.1, 0.15) is 5.69 Å². The molecule has 0 aliphatic heterocycles. The Morgan fingerprint density at radius 3 is 2.74 bits per heavy atom. The number of nitrogens with one attached hydrogen (secondary N) is 1. The molecule has 93 valence electrons. The minimum absolute atomic E-state index is 0.0890. The quantitative estimate of drug-likeness (QED) is 0.683. The third kappa shape index (κ3) is 2.26. The van der Waals surface area contributed by atoms with Gasteiger partial charge in [-0.3, -0.25) is 0 Å². The van der Waals surface area contributed by atoms with Crippen molar-refractivity contribution in [1.29, 1.82) is 0 Å². The number of rotatable bonds is 2. The summed E-state index contributed by atoms with van der Waals surface area (Å²) in [5, 5.41) is 5.20. The molecular formula is C13H12N4OPr. The van der Waals surface area contributed by atoms with Gasteiger partial charge in [0.2, 0.25) is 0 Å². The number of nitrogens with two attached hydrogens (primary N) is 1. The van der Waals surface area contributed by atoms with Crippen molar-refractivity contribution >= 4 is 12.2 Å². The molecule has 0 unspecified atom stereocenters. The molecule has 2 aromatic heterocycles. The maximum absolute atomic E-state index is 12.1. The first kappa shape index (κ1) is 13.0. The molecule has 6 heteroatoms. The number of para-hydroxylation sites is 1. The van der Waals surface area contributed by atoms with E-state index >= 15 is 0 Å². The number of H-pyrrole nitrogens is 1. The molecule has 0 amide bonds. The first-order valence-electron chi connectivity index (χ1n) is 5.93. The summed E-state index contributed by atoms with van der Waals surface area (Å²) in [6.45, 7) is 1.87. The Bertz CT molecular complexity index is 792. The third-order valence-corrected chi connectivity index (χ3v) is 5.31. The Labute approximate surface area is 130 Å². The van der Waals surface area contributed by atoms with Crippen LogP contribution < -0.4 is 8.59 Å². The van der Waals surface area contributed by atoms with Crippen LogP contribution in [0.25, 0.3) is 16.6 Å². The average Bonchev–Trinajstić information content (AvgIpc) is 2.78. The van der Waals surface area contributed by atoms with Crippen LogP contribution >= 0.6 is 0 Å². The number of aromatic amines is 1. The third-order valence-electron chi connectivity index (χ3n) is 3.00. The normalized spacial score (nSPS) is 10.6. The van der Waals surface area contributed by atoms with E-state index in [0.29, 0.717) is 5.39 Å². The predicted octanol–water partition coefficient (Wildman–Crippen LogP) is 0.606. The summed E-state index contributed by atoms with van der Waals surface area (Å²) < 4.78 is 8.53. The minimum atomic E-state index is -1.62. The predicted molar refractivity (Wildman–Crippen MR) is 70.2 cm³/mol. The van der Waals surface area contributed by atoms with Crippen LogP contribution in [0, 0.1) is 44.4 Å². The Morgan fingerprint density at radius 2 is 2.05 bits per heavy atom. The van der Waals surface area contributed by atoms with Crippen molar-refractivity contribution in [2.45, 2.75) is 6.92 Å². The molecular weight excluding hydrogens is 369 g/mol. The Kier molecular flexibility index (Phi) is 3.52. The van der Waals surface area contributed by atoms with Gasteiger partial charge in [0.05, 0.1) is 0 Å². The molecule has 0 spiro atoms. The molecule has 0 saturated heterocycles. The standard InChI is InChI=1S/C13H10N3O.H2N.Pr/c1-9-7-12-11(13(17)15-9)8-14-16(12)10-5-3-2-4-6-10;;/h2-7H,1H3,(H,15,17);1H2;/q;-1;+1. The van der Waals surface area contributed by atoms with E-state index in [4.69, 9.17) is 1.76 Å². The second-order valence-corrected chi connectivity index (χ2v) is 7.16. The molecule has 2 heterocycles. The van der Waals surface area contributed by atoms with Crippen molar-refractivity contribution < 1.29 is 37.5 Å². The number of hydrogen-bond acceptors (Lipinski definition) is 3. The SMILES string of the molecule is Cc1cc2c([c]([Pr][NH2])nn2-c2ccccc2)c(=O)[nH]1. The average molecular weight is 381 g/mol. The fourth-order valence-corrected chi connectivity index (χ4v) is 4.19. The van der Waals surface area contributed by atoms with E-state index in [2.05, 4.69) is 10.1 Å². The number of aromatic nitrogens is 3. The first-order chi connectivity index (χ1) is 9.20. The van der Waals surface area contributed by atoms with Crippen molar-refractivity contribution in [1.82, 2.24) is 14.8 Å². The zero-order valence-electron chi connectivity index (χ0n) is 10.4. The van der Waals surface area contributed by atoms with Gasteiger partial charge >= 0.3 is 131 Å². The Hall–Kier alpha value is -1.04.